The number of allylic oxidation sites excluding steroid dienone is 2. The van der Waals surface area contributed by atoms with E-state index in [1.54, 1.807) is 0 Å². The molecule has 39 heavy (non-hydrogen) atoms. The third kappa shape index (κ3) is 3.11. The molecule has 0 amide bonds. The number of fused-ring (bicyclic) bond motifs is 8. The molecule has 9 atom stereocenters. The van der Waals surface area contributed by atoms with Crippen LogP contribution in [0.1, 0.15) is 98.3 Å². The van der Waals surface area contributed by atoms with Gasteiger partial charge in [0.25, 0.3) is 0 Å². The molecule has 0 bridgehead atoms. The first-order chi connectivity index (χ1) is 18.4. The zero-order chi connectivity index (χ0) is 27.6. The highest BCUT2D eigenvalue weighted by Crippen LogP contribution is 2.74. The molecule has 5 nitrogen and oxygen atoms in total. The molecule has 0 saturated heterocycles. The van der Waals surface area contributed by atoms with E-state index in [-0.39, 0.29) is 33.0 Å². The first-order valence-corrected chi connectivity index (χ1v) is 15.5. The van der Waals surface area contributed by atoms with Crippen molar-refractivity contribution in [3.05, 3.63) is 47.9 Å². The summed E-state index contributed by atoms with van der Waals surface area (Å²) in [5, 5.41) is 4.23. The SMILES string of the molecule is C[C@@H]1[C@H]2[C@H]3C(=O)C=C4[C@@]5(C)Cc6cnoc6C(C)(C)[C@@H]5CC[C@@]4(C)[C@]3(C)CC[C@@]2(Cn2ccnc2)CC[C@H]1C. The van der Waals surface area contributed by atoms with Crippen LogP contribution in [-0.4, -0.2) is 20.5 Å². The van der Waals surface area contributed by atoms with E-state index >= 15 is 0 Å². The van der Waals surface area contributed by atoms with Crippen molar-refractivity contribution in [2.45, 2.75) is 105 Å². The van der Waals surface area contributed by atoms with Crippen LogP contribution in [0.2, 0.25) is 0 Å². The smallest absolute Gasteiger partial charge is 0.159 e. The fourth-order valence-corrected chi connectivity index (χ4v) is 11.7. The molecule has 2 aromatic heterocycles. The molecule has 3 fully saturated rings. The molecule has 0 radical (unpaired) electrons. The van der Waals surface area contributed by atoms with Crippen molar-refractivity contribution in [1.29, 1.82) is 0 Å². The fourth-order valence-electron chi connectivity index (χ4n) is 11.7. The van der Waals surface area contributed by atoms with Crippen LogP contribution >= 0.6 is 0 Å². The van der Waals surface area contributed by atoms with Gasteiger partial charge in [-0.05, 0) is 96.4 Å². The molecule has 2 heterocycles. The van der Waals surface area contributed by atoms with Crippen molar-refractivity contribution in [3.63, 3.8) is 0 Å². The number of hydrogen-bond acceptors (Lipinski definition) is 4. The number of carbonyl (C=O) groups excluding carboxylic acids is 1. The summed E-state index contributed by atoms with van der Waals surface area (Å²) in [5.74, 6) is 3.60. The van der Waals surface area contributed by atoms with Crippen molar-refractivity contribution in [2.75, 3.05) is 0 Å². The van der Waals surface area contributed by atoms with Gasteiger partial charge in [-0.15, -0.1) is 0 Å². The molecule has 210 valence electrons. The maximum atomic E-state index is 14.7. The van der Waals surface area contributed by atoms with Gasteiger partial charge >= 0.3 is 0 Å². The second kappa shape index (κ2) is 7.97. The Morgan fingerprint density at radius 1 is 1.05 bits per heavy atom. The molecule has 0 aliphatic heterocycles. The number of ketones is 1. The van der Waals surface area contributed by atoms with Crippen molar-refractivity contribution in [3.8, 4) is 0 Å². The van der Waals surface area contributed by atoms with Gasteiger partial charge in [0, 0.05) is 35.8 Å². The Morgan fingerprint density at radius 3 is 2.59 bits per heavy atom. The van der Waals surface area contributed by atoms with Crippen LogP contribution in [0.25, 0.3) is 0 Å². The standard InChI is InChI=1S/C34H47N3O2/c1-21-8-11-34(19-37-15-14-35-20-37)13-12-33(7)28(27(34)22(21)2)24(38)16-26-31(5)17-23-18-36-39-29(23)30(3,4)25(31)9-10-32(26,33)6/h14-16,18,20-22,25,27-28H,8-13,17,19H2,1-7H3/t21-,22+,25+,27+,28-,31+,32-,33-,34-/m1/s1. The molecule has 5 heteroatoms. The van der Waals surface area contributed by atoms with Gasteiger partial charge in [-0.25, -0.2) is 4.98 Å². The average Bonchev–Trinajstić information content (AvgIpc) is 3.56. The van der Waals surface area contributed by atoms with Crippen LogP contribution in [0.5, 0.6) is 0 Å². The fraction of sp³-hybridized carbons (Fsp3) is 0.735. The highest BCUT2D eigenvalue weighted by molar-refractivity contribution is 5.95. The third-order valence-electron chi connectivity index (χ3n) is 13.9. The normalized spacial score (nSPS) is 46.3. The molecule has 0 aromatic carbocycles. The van der Waals surface area contributed by atoms with Crippen LogP contribution in [-0.2, 0) is 23.2 Å². The Balaban J connectivity index is 1.37. The minimum absolute atomic E-state index is 0.0170. The van der Waals surface area contributed by atoms with Gasteiger partial charge in [-0.1, -0.05) is 59.2 Å². The minimum Gasteiger partial charge on any atom is -0.361 e. The molecule has 5 aliphatic carbocycles. The van der Waals surface area contributed by atoms with E-state index in [9.17, 15) is 4.79 Å². The van der Waals surface area contributed by atoms with Gasteiger partial charge in [0.15, 0.2) is 5.78 Å². The first-order valence-electron chi connectivity index (χ1n) is 15.5. The van der Waals surface area contributed by atoms with E-state index in [0.29, 0.717) is 29.5 Å². The summed E-state index contributed by atoms with van der Waals surface area (Å²) in [4.78, 5) is 19.1. The molecule has 3 saturated carbocycles. The molecule has 5 aliphatic rings. The number of nitrogens with zero attached hydrogens (tertiary/aromatic N) is 3. The number of hydrogen-bond donors (Lipinski definition) is 0. The van der Waals surface area contributed by atoms with Crippen LogP contribution in [0.3, 0.4) is 0 Å². The second-order valence-corrected chi connectivity index (χ2v) is 15.8. The van der Waals surface area contributed by atoms with Crippen LogP contribution in [0.4, 0.5) is 0 Å². The van der Waals surface area contributed by atoms with Crippen LogP contribution in [0.15, 0.2) is 41.1 Å². The maximum absolute atomic E-state index is 14.7. The van der Waals surface area contributed by atoms with Gasteiger partial charge in [-0.3, -0.25) is 4.79 Å². The highest BCUT2D eigenvalue weighted by atomic mass is 16.5. The van der Waals surface area contributed by atoms with Crippen molar-refractivity contribution in [1.82, 2.24) is 14.7 Å². The van der Waals surface area contributed by atoms with E-state index in [1.165, 1.54) is 36.8 Å². The van der Waals surface area contributed by atoms with E-state index in [2.05, 4.69) is 75.4 Å². The largest absolute Gasteiger partial charge is 0.361 e. The van der Waals surface area contributed by atoms with Crippen molar-refractivity contribution >= 4 is 5.78 Å². The quantitative estimate of drug-likeness (QED) is 0.406. The average molecular weight is 530 g/mol. The molecular weight excluding hydrogens is 482 g/mol. The zero-order valence-electron chi connectivity index (χ0n) is 25.1. The summed E-state index contributed by atoms with van der Waals surface area (Å²) < 4.78 is 8.14. The lowest BCUT2D eigenvalue weighted by molar-refractivity contribution is -0.180. The van der Waals surface area contributed by atoms with Crippen molar-refractivity contribution in [2.24, 2.45) is 51.2 Å². The summed E-state index contributed by atoms with van der Waals surface area (Å²) in [7, 11) is 0. The van der Waals surface area contributed by atoms with Gasteiger partial charge < -0.3 is 9.09 Å². The van der Waals surface area contributed by atoms with E-state index in [1.807, 2.05) is 18.7 Å². The lowest BCUT2D eigenvalue weighted by Crippen LogP contribution is -2.66. The summed E-state index contributed by atoms with van der Waals surface area (Å²) in [6, 6.07) is 0. The topological polar surface area (TPSA) is 60.9 Å². The predicted octanol–water partition coefficient (Wildman–Crippen LogP) is 7.42. The Morgan fingerprint density at radius 2 is 1.85 bits per heavy atom. The van der Waals surface area contributed by atoms with Crippen molar-refractivity contribution < 1.29 is 9.32 Å². The van der Waals surface area contributed by atoms with Crippen LogP contribution in [0, 0.1) is 51.2 Å². The maximum Gasteiger partial charge on any atom is 0.159 e. The zero-order valence-corrected chi connectivity index (χ0v) is 25.1. The number of carbonyl (C=O) groups is 1. The van der Waals surface area contributed by atoms with Gasteiger partial charge in [0.1, 0.15) is 5.76 Å². The molecule has 0 N–H and O–H groups in total. The summed E-state index contributed by atoms with van der Waals surface area (Å²) in [6.45, 7) is 18.1. The lowest BCUT2D eigenvalue weighted by Gasteiger charge is -2.70. The predicted molar refractivity (Wildman–Crippen MR) is 152 cm³/mol. The number of imidazole rings is 1. The van der Waals surface area contributed by atoms with E-state index in [4.69, 9.17) is 4.52 Å². The molecule has 7 rings (SSSR count). The summed E-state index contributed by atoms with van der Waals surface area (Å²) in [6.07, 6.45) is 18.2. The molecule has 0 unspecified atom stereocenters. The Bertz CT molecular complexity index is 1340. The van der Waals surface area contributed by atoms with Crippen LogP contribution < -0.4 is 0 Å². The molecule has 2 aromatic rings. The number of rotatable bonds is 2. The van der Waals surface area contributed by atoms with Gasteiger partial charge in [0.05, 0.1) is 12.5 Å². The first kappa shape index (κ1) is 25.8. The van der Waals surface area contributed by atoms with E-state index in [0.717, 1.165) is 31.6 Å². The molecule has 0 spiro atoms. The van der Waals surface area contributed by atoms with Gasteiger partial charge in [0.2, 0.25) is 0 Å². The van der Waals surface area contributed by atoms with Gasteiger partial charge in [-0.2, -0.15) is 0 Å². The Labute approximate surface area is 234 Å². The minimum atomic E-state index is -0.0956. The highest BCUT2D eigenvalue weighted by Gasteiger charge is 2.70. The summed E-state index contributed by atoms with van der Waals surface area (Å²) >= 11 is 0. The lowest BCUT2D eigenvalue weighted by atomic mass is 9.33. The third-order valence-corrected chi connectivity index (χ3v) is 13.9. The monoisotopic (exact) mass is 529 g/mol. The number of aromatic nitrogens is 3. The summed E-state index contributed by atoms with van der Waals surface area (Å²) in [5.41, 5.74) is 2.67. The Hall–Kier alpha value is -2.17. The van der Waals surface area contributed by atoms with E-state index < -0.39 is 0 Å². The second-order valence-electron chi connectivity index (χ2n) is 15.8. The Kier molecular flexibility index (Phi) is 5.27. The molecular formula is C34H47N3O2.